The van der Waals surface area contributed by atoms with Gasteiger partial charge in [-0.05, 0) is 69.6 Å². The standard InChI is InChI=1S/C38H44ClF2NO7/c1-23-31-29(49-38(23,24-9-5-4-6-10-24)22-42-25-14-16-37(2,44)17-15-25)21-27(40)34(39)33(31)32-26(36(43)45-3)12-13-28(35(32)41)46-19-20-48-30-11-7-8-18-47-30/h4-6,9-10,12-13,21,23,25,30,42,44H,7-8,11,14-20,22H2,1-3H3/t23-,25?,30?,37?,38-/m0/s1. The summed E-state index contributed by atoms with van der Waals surface area (Å²) in [4.78, 5) is 13.1. The highest BCUT2D eigenvalue weighted by Gasteiger charge is 2.50. The minimum absolute atomic E-state index is 0.00546. The van der Waals surface area contributed by atoms with E-state index in [9.17, 15) is 9.90 Å². The van der Waals surface area contributed by atoms with Crippen molar-refractivity contribution in [1.82, 2.24) is 5.32 Å². The molecule has 1 saturated heterocycles. The number of carbonyl (C=O) groups excluding carboxylic acids is 1. The molecule has 0 radical (unpaired) electrons. The molecule has 8 nitrogen and oxygen atoms in total. The fourth-order valence-corrected chi connectivity index (χ4v) is 7.57. The number of aliphatic hydroxyl groups is 1. The maximum Gasteiger partial charge on any atom is 0.338 e. The Labute approximate surface area is 291 Å². The molecule has 0 bridgehead atoms. The summed E-state index contributed by atoms with van der Waals surface area (Å²) in [6, 6.07) is 13.7. The van der Waals surface area contributed by atoms with Gasteiger partial charge >= 0.3 is 5.97 Å². The van der Waals surface area contributed by atoms with E-state index in [2.05, 4.69) is 5.32 Å². The largest absolute Gasteiger partial charge is 0.488 e. The summed E-state index contributed by atoms with van der Waals surface area (Å²) in [6.07, 6.45) is 5.33. The fraction of sp³-hybridized carbons (Fsp3) is 0.500. The van der Waals surface area contributed by atoms with Crippen molar-refractivity contribution < 1.29 is 42.4 Å². The third-order valence-corrected chi connectivity index (χ3v) is 10.5. The highest BCUT2D eigenvalue weighted by molar-refractivity contribution is 6.34. The van der Waals surface area contributed by atoms with E-state index in [1.54, 1.807) is 0 Å². The number of fused-ring (bicyclic) bond motifs is 1. The first-order valence-corrected chi connectivity index (χ1v) is 17.4. The van der Waals surface area contributed by atoms with Crippen LogP contribution in [-0.2, 0) is 19.8 Å². The van der Waals surface area contributed by atoms with Gasteiger partial charge in [-0.25, -0.2) is 13.6 Å². The lowest BCUT2D eigenvalue weighted by atomic mass is 9.77. The van der Waals surface area contributed by atoms with Crippen LogP contribution >= 0.6 is 11.6 Å². The molecule has 264 valence electrons. The van der Waals surface area contributed by atoms with Crippen LogP contribution < -0.4 is 14.8 Å². The van der Waals surface area contributed by atoms with Crippen molar-refractivity contribution in [2.24, 2.45) is 0 Å². The molecule has 11 heteroatoms. The molecule has 3 atom stereocenters. The van der Waals surface area contributed by atoms with Gasteiger partial charge in [-0.2, -0.15) is 0 Å². The maximum atomic E-state index is 16.7. The third kappa shape index (κ3) is 7.30. The first kappa shape index (κ1) is 35.5. The van der Waals surface area contributed by atoms with Crippen molar-refractivity contribution in [3.63, 3.8) is 0 Å². The van der Waals surface area contributed by atoms with Crippen LogP contribution in [0.3, 0.4) is 0 Å². The Bertz CT molecular complexity index is 1640. The molecule has 0 spiro atoms. The van der Waals surface area contributed by atoms with Crippen LogP contribution in [-0.4, -0.2) is 62.5 Å². The molecule has 49 heavy (non-hydrogen) atoms. The van der Waals surface area contributed by atoms with Gasteiger partial charge in [-0.1, -0.05) is 48.9 Å². The highest BCUT2D eigenvalue weighted by Crippen LogP contribution is 2.56. The molecular formula is C38H44ClF2NO7. The fourth-order valence-electron chi connectivity index (χ4n) is 7.32. The molecule has 1 unspecified atom stereocenters. The van der Waals surface area contributed by atoms with Gasteiger partial charge in [0.25, 0.3) is 0 Å². The number of esters is 1. The van der Waals surface area contributed by atoms with E-state index in [0.717, 1.165) is 37.7 Å². The normalized spacial score (nSPS) is 26.6. The van der Waals surface area contributed by atoms with Crippen molar-refractivity contribution in [2.75, 3.05) is 33.5 Å². The Morgan fingerprint density at radius 1 is 1.06 bits per heavy atom. The smallest absolute Gasteiger partial charge is 0.338 e. The average Bonchev–Trinajstić information content (AvgIpc) is 3.39. The van der Waals surface area contributed by atoms with Crippen molar-refractivity contribution in [3.05, 3.63) is 81.9 Å². The lowest BCUT2D eigenvalue weighted by molar-refractivity contribution is -0.165. The van der Waals surface area contributed by atoms with E-state index in [1.807, 2.05) is 44.2 Å². The van der Waals surface area contributed by atoms with Crippen molar-refractivity contribution in [2.45, 2.75) is 88.2 Å². The number of methoxy groups -OCH3 is 1. The van der Waals surface area contributed by atoms with E-state index in [-0.39, 0.29) is 58.8 Å². The molecule has 2 fully saturated rings. The summed E-state index contributed by atoms with van der Waals surface area (Å²) >= 11 is 6.74. The highest BCUT2D eigenvalue weighted by atomic mass is 35.5. The number of benzene rings is 3. The summed E-state index contributed by atoms with van der Waals surface area (Å²) in [5.74, 6) is -2.97. The number of hydrogen-bond donors (Lipinski definition) is 2. The Balaban J connectivity index is 1.38. The third-order valence-electron chi connectivity index (χ3n) is 10.2. The predicted octanol–water partition coefficient (Wildman–Crippen LogP) is 7.67. The molecule has 3 aliphatic rings. The zero-order valence-electron chi connectivity index (χ0n) is 28.2. The Hall–Kier alpha value is -3.28. The van der Waals surface area contributed by atoms with Gasteiger partial charge in [0.2, 0.25) is 0 Å². The second kappa shape index (κ2) is 14.9. The molecule has 0 aromatic heterocycles. The Kier molecular flexibility index (Phi) is 10.8. The summed E-state index contributed by atoms with van der Waals surface area (Å²) in [5, 5.41) is 13.8. The van der Waals surface area contributed by atoms with E-state index in [0.29, 0.717) is 31.6 Å². The summed E-state index contributed by atoms with van der Waals surface area (Å²) < 4.78 is 61.4. The lowest BCUT2D eigenvalue weighted by Gasteiger charge is -2.38. The number of carbonyl (C=O) groups is 1. The van der Waals surface area contributed by atoms with Gasteiger partial charge in [-0.15, -0.1) is 0 Å². The summed E-state index contributed by atoms with van der Waals surface area (Å²) in [6.45, 7) is 4.94. The Morgan fingerprint density at radius 3 is 2.51 bits per heavy atom. The van der Waals surface area contributed by atoms with Crippen molar-refractivity contribution in [3.8, 4) is 22.6 Å². The van der Waals surface area contributed by atoms with E-state index < -0.39 is 34.7 Å². The predicted molar refractivity (Wildman–Crippen MR) is 181 cm³/mol. The van der Waals surface area contributed by atoms with Crippen LogP contribution in [0.15, 0.2) is 48.5 Å². The van der Waals surface area contributed by atoms with Gasteiger partial charge in [0.1, 0.15) is 18.2 Å². The molecule has 3 aromatic carbocycles. The van der Waals surface area contributed by atoms with Gasteiger partial charge in [0, 0.05) is 47.9 Å². The summed E-state index contributed by atoms with van der Waals surface area (Å²) in [5.41, 5.74) is -0.793. The van der Waals surface area contributed by atoms with Crippen LogP contribution in [0.4, 0.5) is 8.78 Å². The molecule has 2 aliphatic heterocycles. The summed E-state index contributed by atoms with van der Waals surface area (Å²) in [7, 11) is 1.19. The minimum atomic E-state index is -1.04. The lowest BCUT2D eigenvalue weighted by Crippen LogP contribution is -2.49. The molecule has 2 heterocycles. The van der Waals surface area contributed by atoms with Crippen LogP contribution in [0.1, 0.15) is 86.2 Å². The molecule has 3 aromatic rings. The Morgan fingerprint density at radius 2 is 1.82 bits per heavy atom. The van der Waals surface area contributed by atoms with Crippen LogP contribution in [0.5, 0.6) is 11.5 Å². The number of halogens is 3. The molecule has 2 N–H and O–H groups in total. The van der Waals surface area contributed by atoms with Crippen LogP contribution in [0.2, 0.25) is 5.02 Å². The van der Waals surface area contributed by atoms with Crippen molar-refractivity contribution in [1.29, 1.82) is 0 Å². The number of ether oxygens (including phenoxy) is 5. The van der Waals surface area contributed by atoms with Gasteiger partial charge in [-0.3, -0.25) is 0 Å². The second-order valence-corrected chi connectivity index (χ2v) is 13.9. The second-order valence-electron chi connectivity index (χ2n) is 13.5. The monoisotopic (exact) mass is 699 g/mol. The van der Waals surface area contributed by atoms with Gasteiger partial charge in [0.05, 0.1) is 29.9 Å². The molecule has 6 rings (SSSR count). The molecular weight excluding hydrogens is 656 g/mol. The first-order valence-electron chi connectivity index (χ1n) is 17.0. The zero-order chi connectivity index (χ0) is 34.8. The van der Waals surface area contributed by atoms with E-state index in [1.165, 1.54) is 25.3 Å². The number of nitrogens with one attached hydrogen (secondary N) is 1. The maximum absolute atomic E-state index is 16.7. The van der Waals surface area contributed by atoms with Gasteiger partial charge < -0.3 is 34.1 Å². The van der Waals surface area contributed by atoms with Gasteiger partial charge in [0.15, 0.2) is 23.5 Å². The number of rotatable bonds is 11. The molecule has 1 aliphatic carbocycles. The van der Waals surface area contributed by atoms with E-state index in [4.69, 9.17) is 35.3 Å². The van der Waals surface area contributed by atoms with Crippen LogP contribution in [0.25, 0.3) is 11.1 Å². The number of hydrogen-bond acceptors (Lipinski definition) is 8. The minimum Gasteiger partial charge on any atom is -0.488 e. The van der Waals surface area contributed by atoms with Crippen molar-refractivity contribution >= 4 is 17.6 Å². The molecule has 1 saturated carbocycles. The van der Waals surface area contributed by atoms with Crippen LogP contribution in [0, 0.1) is 11.6 Å². The average molecular weight is 700 g/mol. The quantitative estimate of drug-likeness (QED) is 0.156. The first-order chi connectivity index (χ1) is 23.5. The molecule has 0 amide bonds. The zero-order valence-corrected chi connectivity index (χ0v) is 28.9. The van der Waals surface area contributed by atoms with E-state index >= 15 is 8.78 Å². The SMILES string of the molecule is COC(=O)c1ccc(OCCOC2CCCCO2)c(F)c1-c1c(Cl)c(F)cc2c1[C@H](C)[C@@](CNC1CCC(C)(O)CC1)(c1ccccc1)O2. The topological polar surface area (TPSA) is 95.5 Å².